The van der Waals surface area contributed by atoms with Gasteiger partial charge in [-0.3, -0.25) is 19.2 Å². The molecule has 0 aliphatic carbocycles. The molecule has 1 aliphatic rings. The third kappa shape index (κ3) is 7.23. The summed E-state index contributed by atoms with van der Waals surface area (Å²) in [6, 6.07) is 8.25. The van der Waals surface area contributed by atoms with Crippen LogP contribution in [0.25, 0.3) is 0 Å². The van der Waals surface area contributed by atoms with Crippen LogP contribution in [-0.2, 0) is 16.1 Å². The number of aryl methyl sites for hydroxylation is 1. The van der Waals surface area contributed by atoms with Crippen LogP contribution >= 0.6 is 0 Å². The summed E-state index contributed by atoms with van der Waals surface area (Å²) < 4.78 is 16.9. The molecule has 0 radical (unpaired) electrons. The first-order valence-corrected chi connectivity index (χ1v) is 14.1. The number of likely N-dealkylation sites (tertiary alicyclic amines) is 1. The Hall–Kier alpha value is -4.65. The summed E-state index contributed by atoms with van der Waals surface area (Å²) in [6.07, 6.45) is 2.55. The van der Waals surface area contributed by atoms with Gasteiger partial charge in [0, 0.05) is 42.9 Å². The maximum absolute atomic E-state index is 13.3. The lowest BCUT2D eigenvalue weighted by Crippen LogP contribution is -2.45. The number of nitrogens with one attached hydrogen (secondary N) is 2. The Morgan fingerprint density at radius 1 is 1.19 bits per heavy atom. The standard InChI is InChI=1S/C30H37N5O8/c1-5-25(35-11-6-7-23(30(35)40)32-27(37)24-13-18(2)43-33-24)28(38)31-21(17-36)14-19-10-12-34(29(19)39)16-20-8-9-22(41-3)15-26(20)42-4/h6-9,11,13,15,19,21,25,36H,5,10,12,14,16-17H2,1-4H3,(H,31,38)(H,32,37)/t19-,21-,25-/m0/s1. The smallest absolute Gasteiger partial charge is 0.278 e. The number of anilines is 1. The summed E-state index contributed by atoms with van der Waals surface area (Å²) in [5.74, 6) is 0.158. The molecule has 0 saturated carbocycles. The van der Waals surface area contributed by atoms with Gasteiger partial charge < -0.3 is 39.2 Å². The van der Waals surface area contributed by atoms with E-state index in [4.69, 9.17) is 14.0 Å². The van der Waals surface area contributed by atoms with E-state index in [9.17, 15) is 24.3 Å². The van der Waals surface area contributed by atoms with Crippen molar-refractivity contribution in [2.24, 2.45) is 5.92 Å². The van der Waals surface area contributed by atoms with Crippen LogP contribution < -0.4 is 25.7 Å². The fraction of sp³-hybridized carbons (Fsp3) is 0.433. The number of hydrogen-bond donors (Lipinski definition) is 3. The molecule has 1 saturated heterocycles. The minimum absolute atomic E-state index is 0.0195. The predicted octanol–water partition coefficient (Wildman–Crippen LogP) is 2.28. The van der Waals surface area contributed by atoms with E-state index in [1.807, 2.05) is 12.1 Å². The average Bonchev–Trinajstić information content (AvgIpc) is 3.60. The van der Waals surface area contributed by atoms with Crippen molar-refractivity contribution in [3.8, 4) is 11.5 Å². The summed E-state index contributed by atoms with van der Waals surface area (Å²) in [6.45, 7) is 3.91. The Morgan fingerprint density at radius 3 is 2.63 bits per heavy atom. The number of aromatic nitrogens is 2. The van der Waals surface area contributed by atoms with Gasteiger partial charge in [0.05, 0.1) is 26.9 Å². The lowest BCUT2D eigenvalue weighted by atomic mass is 9.98. The number of carbonyl (C=O) groups excluding carboxylic acids is 3. The van der Waals surface area contributed by atoms with E-state index in [-0.39, 0.29) is 42.7 Å². The van der Waals surface area contributed by atoms with Crippen molar-refractivity contribution < 1.29 is 33.5 Å². The van der Waals surface area contributed by atoms with Crippen molar-refractivity contribution in [3.63, 3.8) is 0 Å². The van der Waals surface area contributed by atoms with E-state index in [0.29, 0.717) is 36.8 Å². The fourth-order valence-corrected chi connectivity index (χ4v) is 5.21. The highest BCUT2D eigenvalue weighted by atomic mass is 16.5. The molecule has 13 nitrogen and oxygen atoms in total. The highest BCUT2D eigenvalue weighted by Crippen LogP contribution is 2.30. The first kappa shape index (κ1) is 31.3. The van der Waals surface area contributed by atoms with Crippen molar-refractivity contribution in [1.82, 2.24) is 19.9 Å². The van der Waals surface area contributed by atoms with Crippen LogP contribution in [0.3, 0.4) is 0 Å². The number of hydrogen-bond acceptors (Lipinski definition) is 9. The fourth-order valence-electron chi connectivity index (χ4n) is 5.21. The van der Waals surface area contributed by atoms with Gasteiger partial charge in [-0.2, -0.15) is 0 Å². The molecule has 3 heterocycles. The Bertz CT molecular complexity index is 1520. The first-order valence-electron chi connectivity index (χ1n) is 14.1. The third-order valence-electron chi connectivity index (χ3n) is 7.51. The molecular weight excluding hydrogens is 558 g/mol. The zero-order valence-electron chi connectivity index (χ0n) is 24.7. The number of aliphatic hydroxyl groups excluding tert-OH is 1. The normalized spacial score (nSPS) is 16.1. The highest BCUT2D eigenvalue weighted by molar-refractivity contribution is 6.02. The van der Waals surface area contributed by atoms with Gasteiger partial charge in [-0.05, 0) is 50.5 Å². The SMILES string of the molecule is CC[C@@H](C(=O)N[C@H](CO)C[C@@H]1CCN(Cc2ccc(OC)cc2OC)C1=O)n1cccc(NC(=O)c2cc(C)on2)c1=O. The summed E-state index contributed by atoms with van der Waals surface area (Å²) in [7, 11) is 3.13. The van der Waals surface area contributed by atoms with Crippen LogP contribution in [-0.4, -0.2) is 70.9 Å². The van der Waals surface area contributed by atoms with Crippen molar-refractivity contribution in [1.29, 1.82) is 0 Å². The molecule has 1 fully saturated rings. The van der Waals surface area contributed by atoms with Crippen molar-refractivity contribution in [2.75, 3.05) is 32.7 Å². The number of aliphatic hydroxyl groups is 1. The predicted molar refractivity (Wildman–Crippen MR) is 156 cm³/mol. The number of methoxy groups -OCH3 is 2. The molecule has 0 bridgehead atoms. The monoisotopic (exact) mass is 595 g/mol. The lowest BCUT2D eigenvalue weighted by Gasteiger charge is -2.24. The zero-order valence-corrected chi connectivity index (χ0v) is 24.7. The minimum Gasteiger partial charge on any atom is -0.497 e. The summed E-state index contributed by atoms with van der Waals surface area (Å²) in [5, 5.41) is 19.1. The second-order valence-electron chi connectivity index (χ2n) is 10.4. The largest absolute Gasteiger partial charge is 0.497 e. The second-order valence-corrected chi connectivity index (χ2v) is 10.4. The van der Waals surface area contributed by atoms with E-state index < -0.39 is 29.5 Å². The second kappa shape index (κ2) is 14.0. The molecule has 0 unspecified atom stereocenters. The Balaban J connectivity index is 1.40. The molecule has 3 aromatic rings. The van der Waals surface area contributed by atoms with Crippen LogP contribution in [0.2, 0.25) is 0 Å². The van der Waals surface area contributed by atoms with E-state index in [1.165, 1.54) is 22.9 Å². The first-order chi connectivity index (χ1) is 20.7. The zero-order chi connectivity index (χ0) is 31.1. The Labute approximate surface area is 248 Å². The summed E-state index contributed by atoms with van der Waals surface area (Å²) in [5.41, 5.74) is 0.263. The van der Waals surface area contributed by atoms with Crippen molar-refractivity contribution >= 4 is 23.4 Å². The van der Waals surface area contributed by atoms with E-state index in [2.05, 4.69) is 15.8 Å². The number of benzene rings is 1. The molecule has 3 N–H and O–H groups in total. The maximum Gasteiger partial charge on any atom is 0.278 e. The number of ether oxygens (including phenoxy) is 2. The molecule has 230 valence electrons. The van der Waals surface area contributed by atoms with Crippen LogP contribution in [0.5, 0.6) is 11.5 Å². The quantitative estimate of drug-likeness (QED) is 0.269. The molecule has 2 aromatic heterocycles. The highest BCUT2D eigenvalue weighted by Gasteiger charge is 2.34. The Kier molecular flexibility index (Phi) is 10.2. The number of carbonyl (C=O) groups is 3. The molecule has 3 amide bonds. The molecule has 1 aromatic carbocycles. The molecule has 43 heavy (non-hydrogen) atoms. The average molecular weight is 596 g/mol. The molecule has 0 spiro atoms. The van der Waals surface area contributed by atoms with Gasteiger partial charge in [0.15, 0.2) is 5.69 Å². The van der Waals surface area contributed by atoms with Crippen LogP contribution in [0.1, 0.15) is 54.0 Å². The number of nitrogens with zero attached hydrogens (tertiary/aromatic N) is 3. The van der Waals surface area contributed by atoms with Gasteiger partial charge in [0.25, 0.3) is 11.5 Å². The molecule has 4 rings (SSSR count). The minimum atomic E-state index is -0.911. The third-order valence-corrected chi connectivity index (χ3v) is 7.51. The van der Waals surface area contributed by atoms with Gasteiger partial charge in [-0.15, -0.1) is 0 Å². The number of pyridine rings is 1. The lowest BCUT2D eigenvalue weighted by molar-refractivity contribution is -0.132. The van der Waals surface area contributed by atoms with Crippen LogP contribution in [0.15, 0.2) is 51.9 Å². The van der Waals surface area contributed by atoms with Gasteiger partial charge in [-0.25, -0.2) is 0 Å². The van der Waals surface area contributed by atoms with Gasteiger partial charge >= 0.3 is 0 Å². The van der Waals surface area contributed by atoms with Gasteiger partial charge in [0.1, 0.15) is 29.0 Å². The van der Waals surface area contributed by atoms with Crippen molar-refractivity contribution in [3.05, 3.63) is 70.0 Å². The van der Waals surface area contributed by atoms with Gasteiger partial charge in [0.2, 0.25) is 11.8 Å². The molecular formula is C30H37N5O8. The molecule has 13 heteroatoms. The van der Waals surface area contributed by atoms with Gasteiger partial charge in [-0.1, -0.05) is 12.1 Å². The topological polar surface area (TPSA) is 165 Å². The van der Waals surface area contributed by atoms with Crippen LogP contribution in [0.4, 0.5) is 5.69 Å². The molecule has 3 atom stereocenters. The van der Waals surface area contributed by atoms with Crippen molar-refractivity contribution in [2.45, 2.75) is 51.7 Å². The summed E-state index contributed by atoms with van der Waals surface area (Å²) >= 11 is 0. The van der Waals surface area contributed by atoms with E-state index >= 15 is 0 Å². The number of rotatable bonds is 13. The Morgan fingerprint density at radius 2 is 1.98 bits per heavy atom. The summed E-state index contributed by atoms with van der Waals surface area (Å²) in [4.78, 5) is 54.0. The number of amides is 3. The van der Waals surface area contributed by atoms with E-state index in [1.54, 1.807) is 45.1 Å². The van der Waals surface area contributed by atoms with Crippen LogP contribution in [0, 0.1) is 12.8 Å². The van der Waals surface area contributed by atoms with E-state index in [0.717, 1.165) is 5.56 Å². The maximum atomic E-state index is 13.3. The molecule has 1 aliphatic heterocycles.